The van der Waals surface area contributed by atoms with Crippen molar-refractivity contribution in [1.82, 2.24) is 10.5 Å². The van der Waals surface area contributed by atoms with Crippen LogP contribution in [-0.2, 0) is 13.1 Å². The predicted molar refractivity (Wildman–Crippen MR) is 92.9 cm³/mol. The van der Waals surface area contributed by atoms with Gasteiger partial charge in [-0.3, -0.25) is 15.0 Å². The Labute approximate surface area is 143 Å². The first-order valence-corrected chi connectivity index (χ1v) is 8.56. The smallest absolute Gasteiger partial charge is 0.274 e. The molecule has 0 fully saturated rings. The van der Waals surface area contributed by atoms with Gasteiger partial charge in [0.05, 0.1) is 12.2 Å². The molecule has 0 aliphatic carbocycles. The van der Waals surface area contributed by atoms with Crippen molar-refractivity contribution in [2.24, 2.45) is 4.99 Å². The van der Waals surface area contributed by atoms with E-state index in [1.165, 1.54) is 5.56 Å². The highest BCUT2D eigenvalue weighted by atomic mass is 32.1. The summed E-state index contributed by atoms with van der Waals surface area (Å²) in [5.74, 6) is -0.234. The summed E-state index contributed by atoms with van der Waals surface area (Å²) in [7, 11) is 0. The van der Waals surface area contributed by atoms with Crippen LogP contribution in [0.15, 0.2) is 40.7 Å². The van der Waals surface area contributed by atoms with Crippen LogP contribution in [0.2, 0.25) is 0 Å². The van der Waals surface area contributed by atoms with Crippen LogP contribution >= 0.6 is 11.3 Å². The highest BCUT2D eigenvalue weighted by Crippen LogP contribution is 2.33. The van der Waals surface area contributed by atoms with Crippen LogP contribution in [0.3, 0.4) is 0 Å². The van der Waals surface area contributed by atoms with Crippen LogP contribution in [0.1, 0.15) is 33.1 Å². The predicted octanol–water partition coefficient (Wildman–Crippen LogP) is 2.51. The largest absolute Gasteiger partial charge is 0.339 e. The van der Waals surface area contributed by atoms with E-state index >= 15 is 0 Å². The molecule has 2 N–H and O–H groups in total. The second-order valence-corrected chi connectivity index (χ2v) is 6.68. The molecule has 2 aromatic rings. The van der Waals surface area contributed by atoms with E-state index < -0.39 is 5.91 Å². The van der Waals surface area contributed by atoms with Gasteiger partial charge in [0.2, 0.25) is 0 Å². The molecule has 0 radical (unpaired) electrons. The average molecular weight is 340 g/mol. The third-order valence-electron chi connectivity index (χ3n) is 4.29. The number of carbonyl (C=O) groups is 1. The van der Waals surface area contributed by atoms with Crippen molar-refractivity contribution in [3.05, 3.63) is 58.1 Å². The van der Waals surface area contributed by atoms with Gasteiger partial charge < -0.3 is 4.90 Å². The number of hydrogen-bond donors (Lipinski definition) is 2. The SMILES string of the molecule is O=C(NO)c1ccc2c(c1)CN(c1nc(C3C=CC=NC3)cs1)C2. The van der Waals surface area contributed by atoms with Crippen LogP contribution in [0.4, 0.5) is 5.13 Å². The highest BCUT2D eigenvalue weighted by Gasteiger charge is 2.23. The number of amides is 1. The minimum atomic E-state index is -0.488. The first-order valence-electron chi connectivity index (χ1n) is 7.68. The van der Waals surface area contributed by atoms with Gasteiger partial charge in [-0.2, -0.15) is 0 Å². The molecule has 0 saturated carbocycles. The number of rotatable bonds is 3. The van der Waals surface area contributed by atoms with E-state index in [0.29, 0.717) is 12.1 Å². The summed E-state index contributed by atoms with van der Waals surface area (Å²) >= 11 is 1.64. The summed E-state index contributed by atoms with van der Waals surface area (Å²) in [6.45, 7) is 2.25. The van der Waals surface area contributed by atoms with Crippen LogP contribution in [0.25, 0.3) is 0 Å². The Hall–Kier alpha value is -2.51. The molecule has 2 aliphatic rings. The van der Waals surface area contributed by atoms with Crippen LogP contribution in [0.5, 0.6) is 0 Å². The van der Waals surface area contributed by atoms with Crippen molar-refractivity contribution in [2.75, 3.05) is 11.4 Å². The molecule has 0 bridgehead atoms. The fourth-order valence-corrected chi connectivity index (χ4v) is 3.89. The summed E-state index contributed by atoms with van der Waals surface area (Å²) < 4.78 is 0. The van der Waals surface area contributed by atoms with Crippen LogP contribution in [-0.4, -0.2) is 28.9 Å². The van der Waals surface area contributed by atoms with Gasteiger partial charge in [0.15, 0.2) is 5.13 Å². The summed E-state index contributed by atoms with van der Waals surface area (Å²) in [5.41, 5.74) is 5.47. The molecule has 6 nitrogen and oxygen atoms in total. The average Bonchev–Trinajstić information content (AvgIpc) is 3.27. The number of hydrogen-bond acceptors (Lipinski definition) is 6. The van der Waals surface area contributed by atoms with Crippen molar-refractivity contribution in [1.29, 1.82) is 0 Å². The van der Waals surface area contributed by atoms with Crippen molar-refractivity contribution < 1.29 is 10.0 Å². The Kier molecular flexibility index (Phi) is 3.87. The lowest BCUT2D eigenvalue weighted by molar-refractivity contribution is 0.0706. The number of carbonyl (C=O) groups excluding carboxylic acids is 1. The fraction of sp³-hybridized carbons (Fsp3) is 0.235. The highest BCUT2D eigenvalue weighted by molar-refractivity contribution is 7.13. The maximum atomic E-state index is 11.5. The first-order chi connectivity index (χ1) is 11.7. The van der Waals surface area contributed by atoms with E-state index in [-0.39, 0.29) is 5.92 Å². The Morgan fingerprint density at radius 2 is 2.21 bits per heavy atom. The van der Waals surface area contributed by atoms with Gasteiger partial charge in [-0.1, -0.05) is 12.1 Å². The lowest BCUT2D eigenvalue weighted by atomic mass is 10.1. The van der Waals surface area contributed by atoms with Gasteiger partial charge in [0, 0.05) is 36.2 Å². The number of nitrogens with one attached hydrogen (secondary N) is 1. The topological polar surface area (TPSA) is 77.8 Å². The number of aliphatic imine (C=N–C) groups is 1. The van der Waals surface area contributed by atoms with E-state index in [4.69, 9.17) is 10.2 Å². The molecule has 1 unspecified atom stereocenters. The molecular weight excluding hydrogens is 324 g/mol. The quantitative estimate of drug-likeness (QED) is 0.665. The van der Waals surface area contributed by atoms with Gasteiger partial charge in [0.25, 0.3) is 5.91 Å². The number of fused-ring (bicyclic) bond motifs is 1. The van der Waals surface area contributed by atoms with E-state index in [2.05, 4.69) is 21.3 Å². The van der Waals surface area contributed by atoms with Crippen LogP contribution in [0, 0.1) is 0 Å². The fourth-order valence-electron chi connectivity index (χ4n) is 3.00. The summed E-state index contributed by atoms with van der Waals surface area (Å²) in [5, 5.41) is 11.8. The number of allylic oxidation sites excluding steroid dienone is 1. The molecule has 1 aromatic heterocycles. The first kappa shape index (κ1) is 15.0. The molecule has 2 aliphatic heterocycles. The second kappa shape index (κ2) is 6.18. The number of dihydropyridines is 1. The maximum Gasteiger partial charge on any atom is 0.274 e. The molecule has 3 heterocycles. The van der Waals surface area contributed by atoms with E-state index in [1.807, 2.05) is 24.4 Å². The summed E-state index contributed by atoms with van der Waals surface area (Å²) in [4.78, 5) is 22.8. The lowest BCUT2D eigenvalue weighted by Gasteiger charge is -2.14. The third-order valence-corrected chi connectivity index (χ3v) is 5.21. The standard InChI is InChI=1S/C17H16N4O2S/c22-16(20-23)11-3-4-13-8-21(9-14(13)6-11)17-19-15(10-24-17)12-2-1-5-18-7-12/h1-6,10,12,23H,7-9H2,(H,20,22). The molecule has 7 heteroatoms. The van der Waals surface area contributed by atoms with Gasteiger partial charge in [-0.05, 0) is 29.3 Å². The summed E-state index contributed by atoms with van der Waals surface area (Å²) in [6.07, 6.45) is 5.91. The number of benzene rings is 1. The maximum absolute atomic E-state index is 11.5. The Balaban J connectivity index is 1.52. The molecule has 122 valence electrons. The molecule has 0 spiro atoms. The minimum Gasteiger partial charge on any atom is -0.339 e. The minimum absolute atomic E-state index is 0.254. The van der Waals surface area contributed by atoms with Gasteiger partial charge in [0.1, 0.15) is 0 Å². The monoisotopic (exact) mass is 340 g/mol. The zero-order valence-corrected chi connectivity index (χ0v) is 13.7. The number of aromatic nitrogens is 1. The molecule has 1 atom stereocenters. The van der Waals surface area contributed by atoms with Gasteiger partial charge >= 0.3 is 0 Å². The second-order valence-electron chi connectivity index (χ2n) is 5.84. The number of thiazole rings is 1. The number of hydroxylamine groups is 1. The molecule has 0 saturated heterocycles. The number of nitrogens with zero attached hydrogens (tertiary/aromatic N) is 3. The molecule has 4 rings (SSSR count). The zero-order valence-electron chi connectivity index (χ0n) is 12.8. The molecular formula is C17H16N4O2S. The number of anilines is 1. The van der Waals surface area contributed by atoms with Gasteiger partial charge in [-0.15, -0.1) is 11.3 Å². The van der Waals surface area contributed by atoms with Crippen molar-refractivity contribution in [3.8, 4) is 0 Å². The Morgan fingerprint density at radius 1 is 1.33 bits per heavy atom. The van der Waals surface area contributed by atoms with Crippen molar-refractivity contribution in [2.45, 2.75) is 19.0 Å². The van der Waals surface area contributed by atoms with E-state index in [0.717, 1.165) is 29.5 Å². The summed E-state index contributed by atoms with van der Waals surface area (Å²) in [6, 6.07) is 5.49. The van der Waals surface area contributed by atoms with Crippen molar-refractivity contribution in [3.63, 3.8) is 0 Å². The third kappa shape index (κ3) is 2.72. The lowest BCUT2D eigenvalue weighted by Crippen LogP contribution is -2.18. The Bertz CT molecular complexity index is 843. The van der Waals surface area contributed by atoms with Crippen LogP contribution < -0.4 is 10.4 Å². The Morgan fingerprint density at radius 3 is 3.00 bits per heavy atom. The molecule has 1 aromatic carbocycles. The van der Waals surface area contributed by atoms with E-state index in [9.17, 15) is 4.79 Å². The van der Waals surface area contributed by atoms with E-state index in [1.54, 1.807) is 22.9 Å². The normalized spacial score (nSPS) is 18.7. The molecule has 1 amide bonds. The zero-order chi connectivity index (χ0) is 16.5. The molecule has 24 heavy (non-hydrogen) atoms. The van der Waals surface area contributed by atoms with Gasteiger partial charge in [-0.25, -0.2) is 10.5 Å². The van der Waals surface area contributed by atoms with Crippen molar-refractivity contribution >= 4 is 28.6 Å².